The number of hydrogen-bond acceptors (Lipinski definition) is 5. The molecule has 0 amide bonds. The molecular formula is C11H21NO5S. The van der Waals surface area contributed by atoms with E-state index in [9.17, 15) is 17.8 Å². The van der Waals surface area contributed by atoms with Crippen molar-refractivity contribution in [3.63, 3.8) is 0 Å². The Bertz CT molecular complexity index is 400. The lowest BCUT2D eigenvalue weighted by Crippen LogP contribution is -2.43. The average Bonchev–Trinajstić information content (AvgIpc) is 2.14. The molecule has 18 heavy (non-hydrogen) atoms. The van der Waals surface area contributed by atoms with Gasteiger partial charge in [-0.25, -0.2) is 13.2 Å². The summed E-state index contributed by atoms with van der Waals surface area (Å²) in [5, 5.41) is 0. The van der Waals surface area contributed by atoms with Crippen molar-refractivity contribution >= 4 is 16.1 Å². The number of hydrogen-bond donors (Lipinski definition) is 0. The maximum Gasteiger partial charge on any atom is 0.333 e. The Labute approximate surface area is 109 Å². The number of likely N-dealkylation sites (N-methyl/N-ethyl adjacent to an activating group) is 1. The van der Waals surface area contributed by atoms with Crippen LogP contribution in [0.5, 0.6) is 0 Å². The molecule has 0 saturated carbocycles. The second-order valence-corrected chi connectivity index (χ2v) is 6.44. The van der Waals surface area contributed by atoms with Gasteiger partial charge in [0.2, 0.25) is 0 Å². The van der Waals surface area contributed by atoms with Crippen molar-refractivity contribution in [1.29, 1.82) is 0 Å². The van der Waals surface area contributed by atoms with Crippen molar-refractivity contribution < 1.29 is 27.0 Å². The summed E-state index contributed by atoms with van der Waals surface area (Å²) in [6.45, 7) is 6.36. The predicted molar refractivity (Wildman–Crippen MR) is 66.8 cm³/mol. The summed E-state index contributed by atoms with van der Waals surface area (Å²) < 4.78 is 36.8. The van der Waals surface area contributed by atoms with Crippen molar-refractivity contribution in [1.82, 2.24) is 0 Å². The fourth-order valence-electron chi connectivity index (χ4n) is 1.29. The lowest BCUT2D eigenvalue weighted by atomic mass is 10.3. The first-order chi connectivity index (χ1) is 8.03. The molecule has 7 heteroatoms. The predicted octanol–water partition coefficient (Wildman–Crippen LogP) is 0.117. The molecule has 0 atom stereocenters. The van der Waals surface area contributed by atoms with E-state index in [1.165, 1.54) is 0 Å². The summed E-state index contributed by atoms with van der Waals surface area (Å²) in [4.78, 5) is 11.1. The topological polar surface area (TPSA) is 83.5 Å². The average molecular weight is 279 g/mol. The molecule has 0 aliphatic rings. The summed E-state index contributed by atoms with van der Waals surface area (Å²) in [5.41, 5.74) is 0.345. The third kappa shape index (κ3) is 9.15. The molecular weight excluding hydrogens is 258 g/mol. The van der Waals surface area contributed by atoms with Crippen LogP contribution in [0.4, 0.5) is 0 Å². The Kier molecular flexibility index (Phi) is 6.51. The third-order valence-corrected chi connectivity index (χ3v) is 3.22. The van der Waals surface area contributed by atoms with Crippen LogP contribution < -0.4 is 0 Å². The quantitative estimate of drug-likeness (QED) is 0.273. The van der Waals surface area contributed by atoms with Gasteiger partial charge in [-0.1, -0.05) is 6.58 Å². The number of carbonyl (C=O) groups is 1. The minimum atomic E-state index is -4.15. The SMILES string of the molecule is C=C(C)C(=O)OCC[N+](C)(C)CCCS(=O)(=O)[O-]. The van der Waals surface area contributed by atoms with Gasteiger partial charge in [0.05, 0.1) is 30.8 Å². The minimum absolute atomic E-state index is 0.239. The highest BCUT2D eigenvalue weighted by atomic mass is 32.2. The standard InChI is InChI=1S/C11H21NO5S/c1-10(2)11(13)17-8-7-12(3,4)6-5-9-18(14,15)16/h1,5-9H2,2-4H3. The molecule has 0 spiro atoms. The van der Waals surface area contributed by atoms with Crippen LogP contribution in [-0.2, 0) is 19.6 Å². The van der Waals surface area contributed by atoms with E-state index < -0.39 is 16.1 Å². The van der Waals surface area contributed by atoms with Crippen molar-refractivity contribution in [3.05, 3.63) is 12.2 Å². The van der Waals surface area contributed by atoms with Crippen molar-refractivity contribution in [2.24, 2.45) is 0 Å². The molecule has 0 aromatic heterocycles. The van der Waals surface area contributed by atoms with Gasteiger partial charge in [-0.2, -0.15) is 0 Å². The van der Waals surface area contributed by atoms with E-state index >= 15 is 0 Å². The number of esters is 1. The molecule has 0 unspecified atom stereocenters. The van der Waals surface area contributed by atoms with Crippen LogP contribution in [0.3, 0.4) is 0 Å². The fraction of sp³-hybridized carbons (Fsp3) is 0.727. The highest BCUT2D eigenvalue weighted by Gasteiger charge is 2.16. The molecule has 0 aliphatic heterocycles. The fourth-order valence-corrected chi connectivity index (χ4v) is 1.77. The minimum Gasteiger partial charge on any atom is -0.748 e. The Morgan fingerprint density at radius 3 is 2.33 bits per heavy atom. The summed E-state index contributed by atoms with van der Waals surface area (Å²) >= 11 is 0. The molecule has 0 aliphatic carbocycles. The van der Waals surface area contributed by atoms with Gasteiger partial charge in [-0.15, -0.1) is 0 Å². The van der Waals surface area contributed by atoms with Crippen LogP contribution in [0.25, 0.3) is 0 Å². The van der Waals surface area contributed by atoms with Gasteiger partial charge in [-0.3, -0.25) is 0 Å². The maximum atomic E-state index is 11.1. The van der Waals surface area contributed by atoms with E-state index in [-0.39, 0.29) is 12.4 Å². The zero-order valence-electron chi connectivity index (χ0n) is 11.1. The van der Waals surface area contributed by atoms with Crippen LogP contribution in [0.2, 0.25) is 0 Å². The molecule has 0 bridgehead atoms. The first-order valence-electron chi connectivity index (χ1n) is 5.62. The van der Waals surface area contributed by atoms with E-state index in [1.54, 1.807) is 6.92 Å². The van der Waals surface area contributed by atoms with E-state index in [0.29, 0.717) is 29.6 Å². The molecule has 6 nitrogen and oxygen atoms in total. The molecule has 0 rings (SSSR count). The second kappa shape index (κ2) is 6.86. The third-order valence-electron chi connectivity index (χ3n) is 2.44. The van der Waals surface area contributed by atoms with Crippen LogP contribution in [0.1, 0.15) is 13.3 Å². The Morgan fingerprint density at radius 1 is 1.33 bits per heavy atom. The molecule has 0 saturated heterocycles. The van der Waals surface area contributed by atoms with Gasteiger partial charge in [0.25, 0.3) is 0 Å². The Morgan fingerprint density at radius 2 is 1.89 bits per heavy atom. The number of rotatable bonds is 8. The van der Waals surface area contributed by atoms with Crippen LogP contribution in [-0.4, -0.2) is 63.0 Å². The molecule has 0 N–H and O–H groups in total. The maximum absolute atomic E-state index is 11.1. The first kappa shape index (κ1) is 17.1. The number of nitrogens with zero attached hydrogens (tertiary/aromatic N) is 1. The smallest absolute Gasteiger partial charge is 0.333 e. The molecule has 0 radical (unpaired) electrons. The normalized spacial score (nSPS) is 12.2. The lowest BCUT2D eigenvalue weighted by molar-refractivity contribution is -0.890. The highest BCUT2D eigenvalue weighted by Crippen LogP contribution is 2.02. The Balaban J connectivity index is 3.94. The van der Waals surface area contributed by atoms with Crippen LogP contribution >= 0.6 is 0 Å². The van der Waals surface area contributed by atoms with Crippen molar-refractivity contribution in [2.45, 2.75) is 13.3 Å². The first-order valence-corrected chi connectivity index (χ1v) is 7.19. The van der Waals surface area contributed by atoms with E-state index in [4.69, 9.17) is 4.74 Å². The summed E-state index contributed by atoms with van der Waals surface area (Å²) in [7, 11) is -0.387. The van der Waals surface area contributed by atoms with Gasteiger partial charge >= 0.3 is 5.97 Å². The van der Waals surface area contributed by atoms with Gasteiger partial charge in [0, 0.05) is 17.7 Å². The lowest BCUT2D eigenvalue weighted by Gasteiger charge is -2.29. The number of carbonyl (C=O) groups excluding carboxylic acids is 1. The zero-order chi connectivity index (χ0) is 14.4. The zero-order valence-corrected chi connectivity index (χ0v) is 12.0. The van der Waals surface area contributed by atoms with Gasteiger partial charge in [0.15, 0.2) is 0 Å². The van der Waals surface area contributed by atoms with Gasteiger partial charge in [-0.05, 0) is 6.92 Å². The monoisotopic (exact) mass is 279 g/mol. The van der Waals surface area contributed by atoms with Gasteiger partial charge < -0.3 is 13.8 Å². The summed E-state index contributed by atoms with van der Waals surface area (Å²) in [6, 6.07) is 0. The van der Waals surface area contributed by atoms with E-state index in [1.807, 2.05) is 14.1 Å². The number of ether oxygens (including phenoxy) is 1. The second-order valence-electron chi connectivity index (χ2n) is 4.91. The largest absolute Gasteiger partial charge is 0.748 e. The highest BCUT2D eigenvalue weighted by molar-refractivity contribution is 7.85. The van der Waals surface area contributed by atoms with E-state index in [2.05, 4.69) is 6.58 Å². The molecule has 106 valence electrons. The van der Waals surface area contributed by atoms with Gasteiger partial charge in [0.1, 0.15) is 13.2 Å². The van der Waals surface area contributed by atoms with Crippen LogP contribution in [0, 0.1) is 0 Å². The molecule has 0 aromatic carbocycles. The molecule has 0 aromatic rings. The van der Waals surface area contributed by atoms with Crippen molar-refractivity contribution in [2.75, 3.05) is 39.5 Å². The summed E-state index contributed by atoms with van der Waals surface area (Å²) in [5.74, 6) is -0.794. The molecule has 0 fully saturated rings. The molecule has 0 heterocycles. The number of quaternary nitrogens is 1. The Hall–Kier alpha value is -0.920. The van der Waals surface area contributed by atoms with E-state index in [0.717, 1.165) is 0 Å². The summed E-state index contributed by atoms with van der Waals surface area (Å²) in [6.07, 6.45) is 0.299. The van der Waals surface area contributed by atoms with Crippen LogP contribution in [0.15, 0.2) is 12.2 Å². The van der Waals surface area contributed by atoms with Crippen molar-refractivity contribution in [3.8, 4) is 0 Å².